The molecule has 3 aromatic rings. The van der Waals surface area contributed by atoms with E-state index >= 15 is 0 Å². The van der Waals surface area contributed by atoms with Crippen molar-refractivity contribution in [2.45, 2.75) is 24.1 Å². The molecule has 2 atom stereocenters. The molecule has 0 saturated heterocycles. The summed E-state index contributed by atoms with van der Waals surface area (Å²) in [6.45, 7) is 0. The number of amidine groups is 1. The van der Waals surface area contributed by atoms with Crippen molar-refractivity contribution in [3.63, 3.8) is 0 Å². The molecule has 0 aliphatic carbocycles. The number of nitrogens with zero attached hydrogens (tertiary/aromatic N) is 3. The minimum atomic E-state index is -1.06. The van der Waals surface area contributed by atoms with Gasteiger partial charge in [0.15, 0.2) is 16.8 Å². The summed E-state index contributed by atoms with van der Waals surface area (Å²) in [7, 11) is 0. The second-order valence-electron chi connectivity index (χ2n) is 7.72. The van der Waals surface area contributed by atoms with Crippen molar-refractivity contribution in [3.8, 4) is 0 Å². The number of nitrogens with one attached hydrogen (secondary N) is 1. The highest BCUT2D eigenvalue weighted by atomic mass is 32.2. The third kappa shape index (κ3) is 4.64. The van der Waals surface area contributed by atoms with Gasteiger partial charge in [0.05, 0.1) is 16.6 Å². The average Bonchev–Trinajstić information content (AvgIpc) is 3.57. The van der Waals surface area contributed by atoms with Gasteiger partial charge in [-0.25, -0.2) is 13.8 Å². The summed E-state index contributed by atoms with van der Waals surface area (Å²) in [5.41, 5.74) is 2.08. The van der Waals surface area contributed by atoms with Gasteiger partial charge in [-0.2, -0.15) is 10.1 Å². The van der Waals surface area contributed by atoms with Gasteiger partial charge in [0.2, 0.25) is 5.91 Å². The first-order valence-electron chi connectivity index (χ1n) is 10.5. The van der Waals surface area contributed by atoms with E-state index in [0.717, 1.165) is 28.3 Å². The van der Waals surface area contributed by atoms with Gasteiger partial charge in [0.25, 0.3) is 5.91 Å². The highest BCUT2D eigenvalue weighted by molar-refractivity contribution is 8.15. The molecule has 3 heterocycles. The van der Waals surface area contributed by atoms with Gasteiger partial charge in [0, 0.05) is 24.6 Å². The van der Waals surface area contributed by atoms with Crippen molar-refractivity contribution in [2.24, 2.45) is 10.1 Å². The molecule has 0 fully saturated rings. The van der Waals surface area contributed by atoms with Crippen LogP contribution in [0.4, 0.5) is 14.5 Å². The normalized spacial score (nSPS) is 19.8. The zero-order valence-corrected chi connectivity index (χ0v) is 19.3. The van der Waals surface area contributed by atoms with E-state index in [0.29, 0.717) is 11.6 Å². The topological polar surface area (TPSA) is 74.1 Å². The van der Waals surface area contributed by atoms with Crippen LogP contribution in [0.5, 0.6) is 0 Å². The Morgan fingerprint density at radius 1 is 1.09 bits per heavy atom. The van der Waals surface area contributed by atoms with Crippen LogP contribution in [0.2, 0.25) is 0 Å². The molecule has 2 amide bonds. The summed E-state index contributed by atoms with van der Waals surface area (Å²) in [4.78, 5) is 30.3. The Hall–Kier alpha value is -3.37. The fourth-order valence-corrected chi connectivity index (χ4v) is 5.55. The number of hydrogen-bond donors (Lipinski definition) is 1. The Morgan fingerprint density at radius 2 is 1.91 bits per heavy atom. The van der Waals surface area contributed by atoms with Crippen molar-refractivity contribution in [2.75, 3.05) is 5.32 Å². The van der Waals surface area contributed by atoms with Gasteiger partial charge >= 0.3 is 0 Å². The van der Waals surface area contributed by atoms with Crippen LogP contribution in [-0.4, -0.2) is 33.0 Å². The number of thioether (sulfide) groups is 1. The SMILES string of the molecule is O=C(C[C@@H]1SC(N2N=C(c3cccs3)C[C@@H]2c2ccccc2)=NC1=O)Nc1ccc(F)c(F)c1. The van der Waals surface area contributed by atoms with E-state index in [9.17, 15) is 18.4 Å². The molecule has 2 aromatic carbocycles. The van der Waals surface area contributed by atoms with Crippen molar-refractivity contribution < 1.29 is 18.4 Å². The van der Waals surface area contributed by atoms with Crippen LogP contribution in [0.25, 0.3) is 0 Å². The third-order valence-electron chi connectivity index (χ3n) is 5.40. The Bertz CT molecular complexity index is 1300. The number of hydrazone groups is 1. The van der Waals surface area contributed by atoms with Gasteiger partial charge in [0.1, 0.15) is 5.25 Å². The smallest absolute Gasteiger partial charge is 0.262 e. The van der Waals surface area contributed by atoms with Gasteiger partial charge in [-0.1, -0.05) is 48.2 Å². The number of benzene rings is 2. The number of anilines is 1. The molecule has 1 aromatic heterocycles. The van der Waals surface area contributed by atoms with E-state index in [2.05, 4.69) is 10.3 Å². The summed E-state index contributed by atoms with van der Waals surface area (Å²) in [6, 6.07) is 16.8. The van der Waals surface area contributed by atoms with Crippen molar-refractivity contribution in [3.05, 3.63) is 88.1 Å². The highest BCUT2D eigenvalue weighted by Crippen LogP contribution is 2.39. The molecule has 172 valence electrons. The maximum atomic E-state index is 13.4. The lowest BCUT2D eigenvalue weighted by molar-refractivity contribution is -0.121. The van der Waals surface area contributed by atoms with E-state index in [1.54, 1.807) is 16.3 Å². The van der Waals surface area contributed by atoms with Crippen LogP contribution in [0, 0.1) is 11.6 Å². The van der Waals surface area contributed by atoms with Crippen molar-refractivity contribution in [1.82, 2.24) is 5.01 Å². The lowest BCUT2D eigenvalue weighted by atomic mass is 10.0. The molecule has 0 saturated carbocycles. The van der Waals surface area contributed by atoms with Crippen LogP contribution in [0.15, 0.2) is 76.1 Å². The third-order valence-corrected chi connectivity index (χ3v) is 7.46. The van der Waals surface area contributed by atoms with E-state index in [1.165, 1.54) is 17.8 Å². The molecule has 6 nitrogen and oxygen atoms in total. The van der Waals surface area contributed by atoms with E-state index < -0.39 is 28.7 Å². The van der Waals surface area contributed by atoms with E-state index in [4.69, 9.17) is 5.10 Å². The first-order valence-corrected chi connectivity index (χ1v) is 12.2. The minimum Gasteiger partial charge on any atom is -0.326 e. The van der Waals surface area contributed by atoms with Gasteiger partial charge in [-0.15, -0.1) is 11.3 Å². The minimum absolute atomic E-state index is 0.118. The molecular formula is C24H18F2N4O2S2. The molecule has 2 aliphatic heterocycles. The Balaban J connectivity index is 1.31. The van der Waals surface area contributed by atoms with Crippen molar-refractivity contribution in [1.29, 1.82) is 0 Å². The van der Waals surface area contributed by atoms with Gasteiger partial charge in [-0.05, 0) is 29.1 Å². The van der Waals surface area contributed by atoms with Gasteiger partial charge < -0.3 is 5.32 Å². The maximum Gasteiger partial charge on any atom is 0.262 e. The molecule has 0 bridgehead atoms. The maximum absolute atomic E-state index is 13.4. The number of halogens is 2. The molecule has 0 spiro atoms. The van der Waals surface area contributed by atoms with E-state index in [-0.39, 0.29) is 18.2 Å². The summed E-state index contributed by atoms with van der Waals surface area (Å²) in [5.74, 6) is -2.97. The van der Waals surface area contributed by atoms with Crippen LogP contribution in [0.1, 0.15) is 29.3 Å². The largest absolute Gasteiger partial charge is 0.326 e. The monoisotopic (exact) mass is 496 g/mol. The number of carbonyl (C=O) groups is 2. The zero-order valence-electron chi connectivity index (χ0n) is 17.7. The lowest BCUT2D eigenvalue weighted by Gasteiger charge is -2.23. The summed E-state index contributed by atoms with van der Waals surface area (Å²) in [5, 5.41) is 10.8. The number of amides is 2. The van der Waals surface area contributed by atoms with Crippen LogP contribution in [-0.2, 0) is 9.59 Å². The van der Waals surface area contributed by atoms with Gasteiger partial charge in [-0.3, -0.25) is 9.59 Å². The fourth-order valence-electron chi connectivity index (χ4n) is 3.77. The van der Waals surface area contributed by atoms with E-state index in [1.807, 2.05) is 47.8 Å². The predicted molar refractivity (Wildman–Crippen MR) is 130 cm³/mol. The molecule has 0 radical (unpaired) electrons. The first kappa shape index (κ1) is 22.4. The molecule has 10 heteroatoms. The number of thiophene rings is 1. The number of carbonyl (C=O) groups excluding carboxylic acids is 2. The molecule has 1 N–H and O–H groups in total. The molecular weight excluding hydrogens is 478 g/mol. The second kappa shape index (κ2) is 9.47. The quantitative estimate of drug-likeness (QED) is 0.527. The predicted octanol–water partition coefficient (Wildman–Crippen LogP) is 5.20. The van der Waals surface area contributed by atoms with Crippen LogP contribution >= 0.6 is 23.1 Å². The Kier molecular flexibility index (Phi) is 6.25. The molecule has 5 rings (SSSR count). The van der Waals surface area contributed by atoms with Crippen LogP contribution in [0.3, 0.4) is 0 Å². The lowest BCUT2D eigenvalue weighted by Crippen LogP contribution is -2.25. The number of hydrogen-bond acceptors (Lipinski definition) is 6. The standard InChI is InChI=1S/C24H18F2N4O2S2/c25-16-9-8-15(11-17(16)26)27-22(31)13-21-23(32)28-24(34-21)30-19(14-5-2-1-3-6-14)12-18(29-30)20-7-4-10-33-20/h1-11,19,21H,12-13H2,(H,27,31)/t19-,21+/m1/s1. The zero-order chi connectivity index (χ0) is 23.7. The number of aliphatic imine (C=N–C) groups is 1. The second-order valence-corrected chi connectivity index (χ2v) is 9.84. The fraction of sp³-hybridized carbons (Fsp3) is 0.167. The highest BCUT2D eigenvalue weighted by Gasteiger charge is 2.39. The number of rotatable bonds is 5. The summed E-state index contributed by atoms with van der Waals surface area (Å²) in [6.07, 6.45) is 0.514. The Labute approximate surface area is 202 Å². The molecule has 0 unspecified atom stereocenters. The summed E-state index contributed by atoms with van der Waals surface area (Å²) >= 11 is 2.79. The average molecular weight is 497 g/mol. The summed E-state index contributed by atoms with van der Waals surface area (Å²) < 4.78 is 26.5. The molecule has 34 heavy (non-hydrogen) atoms. The van der Waals surface area contributed by atoms with Crippen molar-refractivity contribution >= 4 is 51.5 Å². The van der Waals surface area contributed by atoms with Crippen LogP contribution < -0.4 is 5.32 Å². The first-order chi connectivity index (χ1) is 16.5. The Morgan fingerprint density at radius 3 is 2.65 bits per heavy atom. The molecule has 2 aliphatic rings.